The number of carboxylic acids is 1. The molecule has 2 nitrogen and oxygen atoms in total. The summed E-state index contributed by atoms with van der Waals surface area (Å²) in [5.74, 6) is -0.652. The monoisotopic (exact) mass is 313 g/mol. The Morgan fingerprint density at radius 2 is 0.818 bits per heavy atom. The van der Waals surface area contributed by atoms with Crippen molar-refractivity contribution in [3.05, 3.63) is 0 Å². The Morgan fingerprint density at radius 3 is 1.09 bits per heavy atom. The molecule has 2 heteroatoms. The lowest BCUT2D eigenvalue weighted by Crippen LogP contribution is -1.93. The standard InChI is InChI=1S/C20H40O2/c1-2-3-4-5-6-7-8-9-10-11-12-13-14-15-16-17-18-19-20(21)22/h2-19H2,1H3,(H,21,22)/i20+1. The fourth-order valence-electron chi connectivity index (χ4n) is 3.00. The van der Waals surface area contributed by atoms with E-state index in [2.05, 4.69) is 6.92 Å². The molecular weight excluding hydrogens is 273 g/mol. The van der Waals surface area contributed by atoms with Gasteiger partial charge in [0.2, 0.25) is 0 Å². The number of hydrogen-bond donors (Lipinski definition) is 1. The molecule has 0 radical (unpaired) electrons. The lowest BCUT2D eigenvalue weighted by atomic mass is 10.0. The Kier molecular flexibility index (Phi) is 18.1. The Hall–Kier alpha value is -0.530. The van der Waals surface area contributed by atoms with Gasteiger partial charge in [0.1, 0.15) is 0 Å². The molecule has 22 heavy (non-hydrogen) atoms. The number of carbonyl (C=O) groups is 1. The zero-order valence-corrected chi connectivity index (χ0v) is 15.1. The molecule has 0 bridgehead atoms. The van der Waals surface area contributed by atoms with Crippen LogP contribution >= 0.6 is 0 Å². The van der Waals surface area contributed by atoms with Crippen molar-refractivity contribution in [1.82, 2.24) is 0 Å². The minimum atomic E-state index is -0.652. The van der Waals surface area contributed by atoms with Gasteiger partial charge < -0.3 is 5.11 Å². The number of aliphatic carboxylic acids is 1. The highest BCUT2D eigenvalue weighted by Gasteiger charge is 1.97. The van der Waals surface area contributed by atoms with Crippen molar-refractivity contribution in [2.24, 2.45) is 0 Å². The first-order valence-corrected chi connectivity index (χ1v) is 9.99. The summed E-state index contributed by atoms with van der Waals surface area (Å²) in [4.78, 5) is 10.4. The van der Waals surface area contributed by atoms with Gasteiger partial charge in [-0.15, -0.1) is 0 Å². The average Bonchev–Trinajstić information content (AvgIpc) is 2.50. The number of hydrogen-bond acceptors (Lipinski definition) is 1. The molecule has 0 aromatic heterocycles. The van der Waals surface area contributed by atoms with Gasteiger partial charge in [-0.3, -0.25) is 4.79 Å². The first kappa shape index (κ1) is 21.5. The second kappa shape index (κ2) is 18.5. The maximum atomic E-state index is 10.4. The van der Waals surface area contributed by atoms with E-state index in [0.29, 0.717) is 6.42 Å². The molecule has 0 spiro atoms. The third-order valence-electron chi connectivity index (χ3n) is 4.49. The maximum Gasteiger partial charge on any atom is 0.303 e. The van der Waals surface area contributed by atoms with Gasteiger partial charge in [-0.1, -0.05) is 110 Å². The van der Waals surface area contributed by atoms with Gasteiger partial charge in [0.05, 0.1) is 0 Å². The van der Waals surface area contributed by atoms with Gasteiger partial charge in [0.25, 0.3) is 0 Å². The molecule has 0 saturated heterocycles. The van der Waals surface area contributed by atoms with Gasteiger partial charge in [-0.25, -0.2) is 0 Å². The Balaban J connectivity index is 2.95. The average molecular weight is 314 g/mol. The summed E-state index contributed by atoms with van der Waals surface area (Å²) in [5, 5.41) is 8.54. The van der Waals surface area contributed by atoms with Crippen molar-refractivity contribution in [2.75, 3.05) is 0 Å². The zero-order chi connectivity index (χ0) is 16.3. The molecule has 0 rings (SSSR count). The third kappa shape index (κ3) is 19.5. The highest BCUT2D eigenvalue weighted by molar-refractivity contribution is 5.66. The molecule has 0 amide bonds. The molecule has 132 valence electrons. The summed E-state index contributed by atoms with van der Waals surface area (Å²) in [6.45, 7) is 2.28. The lowest BCUT2D eigenvalue weighted by molar-refractivity contribution is -0.137. The van der Waals surface area contributed by atoms with Crippen molar-refractivity contribution in [1.29, 1.82) is 0 Å². The van der Waals surface area contributed by atoms with Gasteiger partial charge in [-0.2, -0.15) is 0 Å². The van der Waals surface area contributed by atoms with Crippen LogP contribution in [0.3, 0.4) is 0 Å². The molecular formula is C20H40O2. The summed E-state index contributed by atoms with van der Waals surface area (Å²) in [7, 11) is 0. The van der Waals surface area contributed by atoms with Crippen LogP contribution in [-0.2, 0) is 4.79 Å². The third-order valence-corrected chi connectivity index (χ3v) is 4.49. The molecule has 1 N–H and O–H groups in total. The molecule has 0 saturated carbocycles. The van der Waals surface area contributed by atoms with Crippen molar-refractivity contribution >= 4 is 5.97 Å². The first-order valence-electron chi connectivity index (χ1n) is 9.99. The van der Waals surface area contributed by atoms with E-state index < -0.39 is 5.97 Å². The van der Waals surface area contributed by atoms with E-state index in [1.807, 2.05) is 0 Å². The van der Waals surface area contributed by atoms with Gasteiger partial charge >= 0.3 is 5.97 Å². The maximum absolute atomic E-state index is 10.4. The van der Waals surface area contributed by atoms with Crippen LogP contribution < -0.4 is 0 Å². The molecule has 0 aliphatic heterocycles. The van der Waals surface area contributed by atoms with E-state index in [0.717, 1.165) is 12.8 Å². The molecule has 0 aliphatic carbocycles. The van der Waals surface area contributed by atoms with Gasteiger partial charge in [0.15, 0.2) is 0 Å². The van der Waals surface area contributed by atoms with Crippen LogP contribution in [-0.4, -0.2) is 11.1 Å². The van der Waals surface area contributed by atoms with E-state index >= 15 is 0 Å². The molecule has 0 heterocycles. The Bertz CT molecular complexity index is 226. The van der Waals surface area contributed by atoms with E-state index in [1.54, 1.807) is 0 Å². The predicted molar refractivity (Wildman–Crippen MR) is 96.4 cm³/mol. The SMILES string of the molecule is CCCCCCCCCCCCCCCCCCC[13C](=O)O. The second-order valence-corrected chi connectivity index (χ2v) is 6.80. The molecule has 0 aromatic rings. The Labute approximate surface area is 139 Å². The largest absolute Gasteiger partial charge is 0.481 e. The number of carboxylic acid groups (broad SMARTS) is 1. The fourth-order valence-corrected chi connectivity index (χ4v) is 3.00. The lowest BCUT2D eigenvalue weighted by Gasteiger charge is -2.03. The van der Waals surface area contributed by atoms with E-state index in [-0.39, 0.29) is 0 Å². The van der Waals surface area contributed by atoms with Crippen molar-refractivity contribution in [2.45, 2.75) is 122 Å². The minimum absolute atomic E-state index is 0.346. The van der Waals surface area contributed by atoms with Crippen LogP contribution in [0, 0.1) is 0 Å². The predicted octanol–water partition coefficient (Wildman–Crippen LogP) is 7.11. The van der Waals surface area contributed by atoms with Crippen LogP contribution in [0.25, 0.3) is 0 Å². The summed E-state index contributed by atoms with van der Waals surface area (Å²) >= 11 is 0. The first-order chi connectivity index (χ1) is 10.8. The van der Waals surface area contributed by atoms with Gasteiger partial charge in [-0.05, 0) is 6.42 Å². The molecule has 0 fully saturated rings. The normalized spacial score (nSPS) is 11.0. The van der Waals surface area contributed by atoms with E-state index in [1.165, 1.54) is 96.3 Å². The highest BCUT2D eigenvalue weighted by atomic mass is 16.5. The van der Waals surface area contributed by atoms with E-state index in [4.69, 9.17) is 5.11 Å². The molecule has 0 atom stereocenters. The van der Waals surface area contributed by atoms with Crippen LogP contribution in [0.5, 0.6) is 0 Å². The van der Waals surface area contributed by atoms with Crippen LogP contribution in [0.15, 0.2) is 0 Å². The molecule has 0 unspecified atom stereocenters. The van der Waals surface area contributed by atoms with Crippen molar-refractivity contribution < 1.29 is 9.90 Å². The topological polar surface area (TPSA) is 37.3 Å². The van der Waals surface area contributed by atoms with Crippen LogP contribution in [0.1, 0.15) is 122 Å². The second-order valence-electron chi connectivity index (χ2n) is 6.80. The van der Waals surface area contributed by atoms with Crippen LogP contribution in [0.4, 0.5) is 0 Å². The smallest absolute Gasteiger partial charge is 0.303 e. The molecule has 0 aromatic carbocycles. The minimum Gasteiger partial charge on any atom is -0.481 e. The van der Waals surface area contributed by atoms with Crippen LogP contribution in [0.2, 0.25) is 0 Å². The summed E-state index contributed by atoms with van der Waals surface area (Å²) in [6, 6.07) is 0. The number of rotatable bonds is 18. The van der Waals surface area contributed by atoms with E-state index in [9.17, 15) is 4.79 Å². The summed E-state index contributed by atoms with van der Waals surface area (Å²) < 4.78 is 0. The quantitative estimate of drug-likeness (QED) is 0.216. The zero-order valence-electron chi connectivity index (χ0n) is 15.1. The summed E-state index contributed by atoms with van der Waals surface area (Å²) in [5.41, 5.74) is 0. The summed E-state index contributed by atoms with van der Waals surface area (Å²) in [6.07, 6.45) is 23.1. The molecule has 0 aliphatic rings. The van der Waals surface area contributed by atoms with Gasteiger partial charge in [0, 0.05) is 6.42 Å². The van der Waals surface area contributed by atoms with Crippen molar-refractivity contribution in [3.8, 4) is 0 Å². The fraction of sp³-hybridized carbons (Fsp3) is 0.950. The van der Waals surface area contributed by atoms with Crippen molar-refractivity contribution in [3.63, 3.8) is 0 Å². The highest BCUT2D eigenvalue weighted by Crippen LogP contribution is 2.14. The Morgan fingerprint density at radius 1 is 0.545 bits per heavy atom. The number of unbranched alkanes of at least 4 members (excludes halogenated alkanes) is 16.